The van der Waals surface area contributed by atoms with Gasteiger partial charge in [0.1, 0.15) is 0 Å². The van der Waals surface area contributed by atoms with Crippen LogP contribution in [0.4, 0.5) is 0 Å². The smallest absolute Gasteiger partial charge is 0.199 e. The predicted molar refractivity (Wildman–Crippen MR) is 45.9 cm³/mol. The molecule has 0 fully saturated rings. The minimum Gasteiger partial charge on any atom is -0.439 e. The van der Waals surface area contributed by atoms with E-state index in [1.54, 1.807) is 12.3 Å². The fraction of sp³-hybridized carbons (Fsp3) is 0.333. The summed E-state index contributed by atoms with van der Waals surface area (Å²) < 4.78 is 12.9. The first-order valence-electron chi connectivity index (χ1n) is 4.40. The van der Waals surface area contributed by atoms with Gasteiger partial charge < -0.3 is 4.42 Å². The average Bonchev–Trinajstić information content (AvgIpc) is 2.49. The van der Waals surface area contributed by atoms with Crippen LogP contribution in [0.15, 0.2) is 22.7 Å². The van der Waals surface area contributed by atoms with Crippen LogP contribution >= 0.6 is 0 Å². The Morgan fingerprint density at radius 2 is 2.42 bits per heavy atom. The van der Waals surface area contributed by atoms with Gasteiger partial charge in [-0.15, -0.1) is 0 Å². The van der Waals surface area contributed by atoms with Gasteiger partial charge in [-0.3, -0.25) is 0 Å². The summed E-state index contributed by atoms with van der Waals surface area (Å²) in [5.41, 5.74) is 1.00. The van der Waals surface area contributed by atoms with Crippen LogP contribution in [0.3, 0.4) is 0 Å². The van der Waals surface area contributed by atoms with E-state index in [1.807, 2.05) is 13.8 Å². The van der Waals surface area contributed by atoms with Crippen molar-refractivity contribution in [1.82, 2.24) is 9.97 Å². The molecule has 0 aliphatic heterocycles. The van der Waals surface area contributed by atoms with Crippen molar-refractivity contribution < 1.29 is 5.79 Å². The molecule has 0 spiro atoms. The molecule has 0 saturated carbocycles. The number of pyridine rings is 1. The van der Waals surface area contributed by atoms with E-state index in [9.17, 15) is 0 Å². The van der Waals surface area contributed by atoms with Gasteiger partial charge in [0.25, 0.3) is 0 Å². The highest BCUT2D eigenvalue weighted by Gasteiger charge is 2.08. The second-order valence-corrected chi connectivity index (χ2v) is 2.95. The van der Waals surface area contributed by atoms with Crippen molar-refractivity contribution in [3.8, 4) is 0 Å². The third-order valence-electron chi connectivity index (χ3n) is 1.61. The van der Waals surface area contributed by atoms with Crippen LogP contribution in [0, 0.1) is 0 Å². The van der Waals surface area contributed by atoms with Gasteiger partial charge in [-0.05, 0) is 12.1 Å². The van der Waals surface area contributed by atoms with Gasteiger partial charge in [-0.1, -0.05) is 13.8 Å². The maximum absolute atomic E-state index is 7.54. The van der Waals surface area contributed by atoms with Crippen molar-refractivity contribution in [2.75, 3.05) is 0 Å². The maximum Gasteiger partial charge on any atom is 0.199 e. The lowest BCUT2D eigenvalue weighted by atomic mass is 10.2. The highest BCUT2D eigenvalue weighted by molar-refractivity contribution is 5.66. The standard InChI is InChI=1S/C9H10N2O/c1-6(2)9-11-8-7(12-9)4-3-5-10-8/h3-6H,1-2H3/i4T. The Hall–Kier alpha value is -1.38. The Morgan fingerprint density at radius 3 is 3.08 bits per heavy atom. The molecule has 3 heteroatoms. The lowest BCUT2D eigenvalue weighted by Crippen LogP contribution is -1.85. The first-order valence-corrected chi connectivity index (χ1v) is 3.90. The molecular formula is C9H10N2O. The molecule has 2 aromatic rings. The van der Waals surface area contributed by atoms with Crippen LogP contribution in [-0.4, -0.2) is 9.97 Å². The second kappa shape index (κ2) is 2.59. The molecule has 0 bridgehead atoms. The summed E-state index contributed by atoms with van der Waals surface area (Å²) >= 11 is 0. The fourth-order valence-corrected chi connectivity index (χ4v) is 0.977. The van der Waals surface area contributed by atoms with Gasteiger partial charge in [-0.2, -0.15) is 4.98 Å². The zero-order chi connectivity index (χ0) is 9.42. The van der Waals surface area contributed by atoms with E-state index < -0.39 is 0 Å². The highest BCUT2D eigenvalue weighted by Crippen LogP contribution is 2.18. The molecule has 2 heterocycles. The van der Waals surface area contributed by atoms with Gasteiger partial charge >= 0.3 is 0 Å². The number of nitrogens with zero attached hydrogens (tertiary/aromatic N) is 2. The monoisotopic (exact) mass is 164 g/mol. The molecule has 62 valence electrons. The SMILES string of the molecule is [3H]c1ccnc2nc(C(C)C)oc12. The number of rotatable bonds is 1. The van der Waals surface area contributed by atoms with Gasteiger partial charge in [0, 0.05) is 12.1 Å². The van der Waals surface area contributed by atoms with Crippen LogP contribution < -0.4 is 0 Å². The molecule has 0 amide bonds. The Kier molecular flexibility index (Phi) is 1.33. The van der Waals surface area contributed by atoms with E-state index in [0.717, 1.165) is 0 Å². The van der Waals surface area contributed by atoms with Gasteiger partial charge in [0.2, 0.25) is 0 Å². The van der Waals surface area contributed by atoms with Crippen molar-refractivity contribution >= 4 is 11.2 Å². The molecule has 0 atom stereocenters. The Bertz CT molecular complexity index is 436. The number of hydrogen-bond donors (Lipinski definition) is 0. The number of aromatic nitrogens is 2. The van der Waals surface area contributed by atoms with Gasteiger partial charge in [-0.25, -0.2) is 4.98 Å². The first kappa shape index (κ1) is 6.17. The van der Waals surface area contributed by atoms with Crippen LogP contribution in [0.1, 0.15) is 27.0 Å². The molecule has 0 unspecified atom stereocenters. The number of hydrogen-bond acceptors (Lipinski definition) is 3. The fourth-order valence-electron chi connectivity index (χ4n) is 0.977. The Balaban J connectivity index is 2.68. The molecule has 2 aromatic heterocycles. The van der Waals surface area contributed by atoms with Gasteiger partial charge in [0.15, 0.2) is 17.1 Å². The molecule has 0 aliphatic rings. The van der Waals surface area contributed by atoms with Crippen molar-refractivity contribution in [1.29, 1.82) is 0 Å². The highest BCUT2D eigenvalue weighted by atomic mass is 16.3. The predicted octanol–water partition coefficient (Wildman–Crippen LogP) is 2.35. The largest absolute Gasteiger partial charge is 0.439 e. The molecule has 0 radical (unpaired) electrons. The van der Waals surface area contributed by atoms with E-state index in [0.29, 0.717) is 23.2 Å². The summed E-state index contributed by atoms with van der Waals surface area (Å²) in [7, 11) is 0. The molecule has 0 aliphatic carbocycles. The molecule has 0 saturated heterocycles. The zero-order valence-corrected chi connectivity index (χ0v) is 7.03. The van der Waals surface area contributed by atoms with Crippen molar-refractivity contribution in [2.24, 2.45) is 0 Å². The summed E-state index contributed by atoms with van der Waals surface area (Å²) in [6, 6.07) is 1.93. The summed E-state index contributed by atoms with van der Waals surface area (Å²) in [6.07, 6.45) is 1.57. The van der Waals surface area contributed by atoms with Crippen LogP contribution in [0.2, 0.25) is 0 Å². The molecule has 12 heavy (non-hydrogen) atoms. The zero-order valence-electron chi connectivity index (χ0n) is 8.03. The normalized spacial score (nSPS) is 12.4. The Labute approximate surface area is 71.8 Å². The van der Waals surface area contributed by atoms with E-state index in [-0.39, 0.29) is 5.92 Å². The Morgan fingerprint density at radius 1 is 1.58 bits per heavy atom. The maximum atomic E-state index is 7.54. The van der Waals surface area contributed by atoms with E-state index in [2.05, 4.69) is 9.97 Å². The summed E-state index contributed by atoms with van der Waals surface area (Å²) in [5.74, 6) is 0.871. The third-order valence-corrected chi connectivity index (χ3v) is 1.61. The molecule has 3 nitrogen and oxygen atoms in total. The minimum absolute atomic E-state index is 0.230. The molecular weight excluding hydrogens is 152 g/mol. The lowest BCUT2D eigenvalue weighted by Gasteiger charge is -1.93. The van der Waals surface area contributed by atoms with Crippen LogP contribution in [-0.2, 0) is 0 Å². The quantitative estimate of drug-likeness (QED) is 0.649. The lowest BCUT2D eigenvalue weighted by molar-refractivity contribution is 0.501. The summed E-state index contributed by atoms with van der Waals surface area (Å²) in [5, 5.41) is 0. The third kappa shape index (κ3) is 1.07. The van der Waals surface area contributed by atoms with Gasteiger partial charge in [0.05, 0.1) is 1.37 Å². The summed E-state index contributed by atoms with van der Waals surface area (Å²) in [4.78, 5) is 8.20. The van der Waals surface area contributed by atoms with Crippen LogP contribution in [0.25, 0.3) is 11.2 Å². The first-order chi connectivity index (χ1) is 6.18. The molecule has 2 rings (SSSR count). The minimum atomic E-state index is 0.230. The topological polar surface area (TPSA) is 38.9 Å². The summed E-state index contributed by atoms with van der Waals surface area (Å²) in [6.45, 7) is 3.99. The number of oxazole rings is 1. The van der Waals surface area contributed by atoms with E-state index in [1.165, 1.54) is 0 Å². The second-order valence-electron chi connectivity index (χ2n) is 2.95. The number of fused-ring (bicyclic) bond motifs is 1. The molecule has 0 aromatic carbocycles. The average molecular weight is 164 g/mol. The van der Waals surface area contributed by atoms with Crippen molar-refractivity contribution in [2.45, 2.75) is 19.8 Å². The van der Waals surface area contributed by atoms with Crippen LogP contribution in [0.5, 0.6) is 0 Å². The van der Waals surface area contributed by atoms with Crippen molar-refractivity contribution in [3.63, 3.8) is 0 Å². The van der Waals surface area contributed by atoms with Crippen molar-refractivity contribution in [3.05, 3.63) is 24.2 Å². The van der Waals surface area contributed by atoms with E-state index >= 15 is 0 Å². The molecule has 0 N–H and O–H groups in total. The van der Waals surface area contributed by atoms with E-state index in [4.69, 9.17) is 5.79 Å².